The van der Waals surface area contributed by atoms with Crippen LogP contribution in [-0.4, -0.2) is 10.9 Å². The number of hydrogen-bond acceptors (Lipinski definition) is 3. The fourth-order valence-corrected chi connectivity index (χ4v) is 1.58. The number of para-hydroxylation sites is 1. The molecule has 1 atom stereocenters. The molecule has 0 aliphatic heterocycles. The Bertz CT molecular complexity index is 524. The Balaban J connectivity index is 2.43. The summed E-state index contributed by atoms with van der Waals surface area (Å²) in [6, 6.07) is 11.6. The zero-order chi connectivity index (χ0) is 11.5. The van der Waals surface area contributed by atoms with Gasteiger partial charge in [-0.25, -0.2) is 5.84 Å². The largest absolute Gasteiger partial charge is 0.294 e. The van der Waals surface area contributed by atoms with Crippen molar-refractivity contribution in [1.29, 1.82) is 0 Å². The summed E-state index contributed by atoms with van der Waals surface area (Å²) in [4.78, 5) is 15.8. The lowest BCUT2D eigenvalue weighted by atomic mass is 10.1. The number of hydrogen-bond donors (Lipinski definition) is 2. The Kier molecular flexibility index (Phi) is 2.83. The molecule has 2 aromatic rings. The van der Waals surface area contributed by atoms with Crippen LogP contribution in [0.1, 0.15) is 18.5 Å². The van der Waals surface area contributed by atoms with E-state index in [-0.39, 0.29) is 11.8 Å². The van der Waals surface area contributed by atoms with E-state index >= 15 is 0 Å². The van der Waals surface area contributed by atoms with E-state index in [1.165, 1.54) is 0 Å². The van der Waals surface area contributed by atoms with Crippen molar-refractivity contribution in [2.75, 3.05) is 0 Å². The van der Waals surface area contributed by atoms with Gasteiger partial charge in [-0.1, -0.05) is 24.3 Å². The monoisotopic (exact) mass is 215 g/mol. The Morgan fingerprint density at radius 3 is 2.81 bits per heavy atom. The first-order valence-electron chi connectivity index (χ1n) is 5.08. The van der Waals surface area contributed by atoms with Gasteiger partial charge in [-0.15, -0.1) is 0 Å². The summed E-state index contributed by atoms with van der Waals surface area (Å²) in [5, 5.41) is 1.06. The number of nitrogens with two attached hydrogens (primary N) is 1. The lowest BCUT2D eigenvalue weighted by Gasteiger charge is -2.09. The number of hydrazine groups is 1. The molecule has 0 fully saturated rings. The first-order chi connectivity index (χ1) is 7.72. The molecule has 0 saturated carbocycles. The lowest BCUT2D eigenvalue weighted by molar-refractivity contribution is -0.122. The number of amides is 1. The number of pyridine rings is 1. The third kappa shape index (κ3) is 1.87. The summed E-state index contributed by atoms with van der Waals surface area (Å²) in [7, 11) is 0. The number of rotatable bonds is 2. The van der Waals surface area contributed by atoms with Crippen LogP contribution in [0.15, 0.2) is 36.4 Å². The van der Waals surface area contributed by atoms with E-state index in [2.05, 4.69) is 10.4 Å². The molecular weight excluding hydrogens is 202 g/mol. The van der Waals surface area contributed by atoms with Gasteiger partial charge in [0.25, 0.3) is 0 Å². The molecule has 1 aromatic carbocycles. The Morgan fingerprint density at radius 1 is 1.31 bits per heavy atom. The molecule has 0 aliphatic carbocycles. The summed E-state index contributed by atoms with van der Waals surface area (Å²) < 4.78 is 0. The van der Waals surface area contributed by atoms with E-state index in [1.807, 2.05) is 36.4 Å². The first-order valence-corrected chi connectivity index (χ1v) is 5.08. The average Bonchev–Trinajstić information content (AvgIpc) is 2.36. The van der Waals surface area contributed by atoms with Crippen molar-refractivity contribution < 1.29 is 4.79 Å². The molecule has 1 aromatic heterocycles. The lowest BCUT2D eigenvalue weighted by Crippen LogP contribution is -2.33. The SMILES string of the molecule is CC(C(=O)NN)c1ccc2ccccc2n1. The maximum atomic E-state index is 11.4. The van der Waals surface area contributed by atoms with Crippen LogP contribution in [0.3, 0.4) is 0 Å². The van der Waals surface area contributed by atoms with Crippen LogP contribution in [0, 0.1) is 0 Å². The summed E-state index contributed by atoms with van der Waals surface area (Å²) in [5.74, 6) is 4.52. The van der Waals surface area contributed by atoms with E-state index in [1.54, 1.807) is 6.92 Å². The third-order valence-electron chi connectivity index (χ3n) is 2.60. The predicted molar refractivity (Wildman–Crippen MR) is 62.5 cm³/mol. The third-order valence-corrected chi connectivity index (χ3v) is 2.60. The number of carbonyl (C=O) groups is 1. The predicted octanol–water partition coefficient (Wildman–Crippen LogP) is 1.33. The molecule has 0 saturated heterocycles. The van der Waals surface area contributed by atoms with Crippen LogP contribution in [0.25, 0.3) is 10.9 Å². The number of carbonyl (C=O) groups excluding carboxylic acids is 1. The fourth-order valence-electron chi connectivity index (χ4n) is 1.58. The molecule has 2 rings (SSSR count). The molecule has 4 nitrogen and oxygen atoms in total. The van der Waals surface area contributed by atoms with Gasteiger partial charge in [0, 0.05) is 5.39 Å². The Labute approximate surface area is 93.4 Å². The summed E-state index contributed by atoms with van der Waals surface area (Å²) in [6.07, 6.45) is 0. The smallest absolute Gasteiger partial charge is 0.242 e. The van der Waals surface area contributed by atoms with E-state index < -0.39 is 0 Å². The molecular formula is C12H13N3O. The van der Waals surface area contributed by atoms with Crippen molar-refractivity contribution in [3.63, 3.8) is 0 Å². The van der Waals surface area contributed by atoms with Crippen molar-refractivity contribution in [2.45, 2.75) is 12.8 Å². The molecule has 16 heavy (non-hydrogen) atoms. The van der Waals surface area contributed by atoms with Crippen LogP contribution in [0.2, 0.25) is 0 Å². The van der Waals surface area contributed by atoms with E-state index in [9.17, 15) is 4.79 Å². The fraction of sp³-hybridized carbons (Fsp3) is 0.167. The van der Waals surface area contributed by atoms with Crippen LogP contribution >= 0.6 is 0 Å². The zero-order valence-corrected chi connectivity index (χ0v) is 8.97. The van der Waals surface area contributed by atoms with Gasteiger partial charge in [-0.3, -0.25) is 15.2 Å². The second-order valence-corrected chi connectivity index (χ2v) is 3.66. The molecule has 0 aliphatic rings. The van der Waals surface area contributed by atoms with Crippen molar-refractivity contribution >= 4 is 16.8 Å². The molecule has 82 valence electrons. The minimum absolute atomic E-state index is 0.234. The number of nitrogens with zero attached hydrogens (tertiary/aromatic N) is 1. The molecule has 0 bridgehead atoms. The van der Waals surface area contributed by atoms with Gasteiger partial charge in [-0.2, -0.15) is 0 Å². The second kappa shape index (κ2) is 4.28. The van der Waals surface area contributed by atoms with E-state index in [4.69, 9.17) is 5.84 Å². The van der Waals surface area contributed by atoms with Crippen molar-refractivity contribution in [3.8, 4) is 0 Å². The number of fused-ring (bicyclic) bond motifs is 1. The maximum Gasteiger partial charge on any atom is 0.242 e. The highest BCUT2D eigenvalue weighted by Crippen LogP contribution is 2.17. The molecule has 1 amide bonds. The van der Waals surface area contributed by atoms with Crippen molar-refractivity contribution in [2.24, 2.45) is 5.84 Å². The molecule has 1 heterocycles. The van der Waals surface area contributed by atoms with Crippen molar-refractivity contribution in [3.05, 3.63) is 42.1 Å². The highest BCUT2D eigenvalue weighted by atomic mass is 16.2. The zero-order valence-electron chi connectivity index (χ0n) is 8.97. The van der Waals surface area contributed by atoms with Crippen LogP contribution in [-0.2, 0) is 4.79 Å². The van der Waals surface area contributed by atoms with Gasteiger partial charge in [0.15, 0.2) is 0 Å². The molecule has 0 spiro atoms. The van der Waals surface area contributed by atoms with Gasteiger partial charge >= 0.3 is 0 Å². The maximum absolute atomic E-state index is 11.4. The molecule has 0 radical (unpaired) electrons. The van der Waals surface area contributed by atoms with Crippen LogP contribution in [0.5, 0.6) is 0 Å². The number of benzene rings is 1. The van der Waals surface area contributed by atoms with Crippen LogP contribution in [0.4, 0.5) is 0 Å². The Morgan fingerprint density at radius 2 is 2.06 bits per heavy atom. The minimum atomic E-state index is -0.338. The molecule has 4 heteroatoms. The highest BCUT2D eigenvalue weighted by Gasteiger charge is 2.15. The summed E-state index contributed by atoms with van der Waals surface area (Å²) in [5.41, 5.74) is 3.74. The van der Waals surface area contributed by atoms with Gasteiger partial charge in [0.05, 0.1) is 17.1 Å². The highest BCUT2D eigenvalue weighted by molar-refractivity contribution is 5.84. The van der Waals surface area contributed by atoms with Gasteiger partial charge in [0.2, 0.25) is 5.91 Å². The Hall–Kier alpha value is -1.94. The standard InChI is InChI=1S/C12H13N3O/c1-8(12(16)15-13)10-7-6-9-4-2-3-5-11(9)14-10/h2-8H,13H2,1H3,(H,15,16). The number of nitrogens with one attached hydrogen (secondary N) is 1. The quantitative estimate of drug-likeness (QED) is 0.451. The summed E-state index contributed by atoms with van der Waals surface area (Å²) in [6.45, 7) is 1.78. The minimum Gasteiger partial charge on any atom is -0.294 e. The first kappa shape index (κ1) is 10.6. The van der Waals surface area contributed by atoms with Gasteiger partial charge < -0.3 is 0 Å². The summed E-state index contributed by atoms with van der Waals surface area (Å²) >= 11 is 0. The van der Waals surface area contributed by atoms with E-state index in [0.717, 1.165) is 16.6 Å². The molecule has 3 N–H and O–H groups in total. The number of aromatic nitrogens is 1. The van der Waals surface area contributed by atoms with Crippen LogP contribution < -0.4 is 11.3 Å². The van der Waals surface area contributed by atoms with E-state index in [0.29, 0.717) is 0 Å². The topological polar surface area (TPSA) is 68.0 Å². The van der Waals surface area contributed by atoms with Gasteiger partial charge in [0.1, 0.15) is 0 Å². The van der Waals surface area contributed by atoms with Crippen molar-refractivity contribution in [1.82, 2.24) is 10.4 Å². The van der Waals surface area contributed by atoms with Gasteiger partial charge in [-0.05, 0) is 19.1 Å². The molecule has 1 unspecified atom stereocenters. The average molecular weight is 215 g/mol. The normalized spacial score (nSPS) is 12.4. The second-order valence-electron chi connectivity index (χ2n) is 3.66.